The van der Waals surface area contributed by atoms with Crippen LogP contribution in [0.1, 0.15) is 19.5 Å². The number of rotatable bonds is 2. The van der Waals surface area contributed by atoms with Gasteiger partial charge in [0.15, 0.2) is 0 Å². The molecule has 1 N–H and O–H groups in total. The molecule has 2 heterocycles. The largest absolute Gasteiger partial charge is 0.290 e. The van der Waals surface area contributed by atoms with Crippen molar-refractivity contribution in [2.24, 2.45) is 10.9 Å². The highest BCUT2D eigenvalue weighted by molar-refractivity contribution is 5.65. The first-order chi connectivity index (χ1) is 7.59. The lowest BCUT2D eigenvalue weighted by molar-refractivity contribution is 0.905. The van der Waals surface area contributed by atoms with Crippen molar-refractivity contribution >= 4 is 17.7 Å². The summed E-state index contributed by atoms with van der Waals surface area (Å²) in [6.45, 7) is 5.89. The lowest BCUT2D eigenvalue weighted by Crippen LogP contribution is -2.11. The van der Waals surface area contributed by atoms with Gasteiger partial charge in [-0.1, -0.05) is 13.8 Å². The maximum Gasteiger partial charge on any atom is 0.278 e. The van der Waals surface area contributed by atoms with Crippen LogP contribution in [0.3, 0.4) is 0 Å². The first kappa shape index (κ1) is 10.6. The average molecular weight is 218 g/mol. The molecule has 0 amide bonds. The van der Waals surface area contributed by atoms with Crippen LogP contribution in [0.2, 0.25) is 0 Å². The van der Waals surface area contributed by atoms with Crippen molar-refractivity contribution in [2.75, 3.05) is 0 Å². The highest BCUT2D eigenvalue weighted by Gasteiger charge is 2.07. The molecule has 0 saturated heterocycles. The van der Waals surface area contributed by atoms with Crippen molar-refractivity contribution in [2.45, 2.75) is 20.8 Å². The fourth-order valence-electron chi connectivity index (χ4n) is 1.48. The third kappa shape index (κ3) is 1.76. The first-order valence-electron chi connectivity index (χ1n) is 5.19. The molecule has 0 aromatic carbocycles. The second kappa shape index (κ2) is 3.92. The van der Waals surface area contributed by atoms with Gasteiger partial charge < -0.3 is 0 Å². The molecule has 0 saturated carbocycles. The van der Waals surface area contributed by atoms with E-state index in [1.54, 1.807) is 18.6 Å². The third-order valence-corrected chi connectivity index (χ3v) is 2.29. The fraction of sp³-hybridized carbons (Fsp3) is 0.364. The predicted molar refractivity (Wildman–Crippen MR) is 63.5 cm³/mol. The van der Waals surface area contributed by atoms with Gasteiger partial charge >= 0.3 is 0 Å². The summed E-state index contributed by atoms with van der Waals surface area (Å²) in [6, 6.07) is 0. The van der Waals surface area contributed by atoms with Gasteiger partial charge in [0.25, 0.3) is 5.56 Å². The molecule has 0 aliphatic carbocycles. The van der Waals surface area contributed by atoms with Crippen LogP contribution in [0.25, 0.3) is 5.78 Å². The number of hydrogen-bond donors (Lipinski definition) is 1. The highest BCUT2D eigenvalue weighted by Crippen LogP contribution is 2.12. The Balaban J connectivity index is 2.64. The molecular formula is C11H14N4O. The lowest BCUT2D eigenvalue weighted by Gasteiger charge is -2.03. The summed E-state index contributed by atoms with van der Waals surface area (Å²) >= 11 is 0. The molecule has 5 nitrogen and oxygen atoms in total. The van der Waals surface area contributed by atoms with Gasteiger partial charge in [0, 0.05) is 18.6 Å². The Morgan fingerprint density at radius 2 is 2.31 bits per heavy atom. The van der Waals surface area contributed by atoms with Crippen LogP contribution in [0.4, 0.5) is 5.69 Å². The number of aliphatic imine (C=N–C) groups is 1. The minimum absolute atomic E-state index is 0.201. The predicted octanol–water partition coefficient (Wildman–Crippen LogP) is 1.69. The number of nitrogens with one attached hydrogen (secondary N) is 1. The van der Waals surface area contributed by atoms with Crippen LogP contribution in [-0.4, -0.2) is 20.6 Å². The van der Waals surface area contributed by atoms with E-state index >= 15 is 0 Å². The zero-order chi connectivity index (χ0) is 11.7. The SMILES string of the molecule is Cc1c(N=CC(C)C)c(=O)[nH]c2nccn12. The van der Waals surface area contributed by atoms with Gasteiger partial charge in [-0.2, -0.15) is 0 Å². The highest BCUT2D eigenvalue weighted by atomic mass is 16.1. The van der Waals surface area contributed by atoms with Crippen molar-refractivity contribution in [3.8, 4) is 0 Å². The van der Waals surface area contributed by atoms with Crippen LogP contribution in [-0.2, 0) is 0 Å². The van der Waals surface area contributed by atoms with E-state index < -0.39 is 0 Å². The van der Waals surface area contributed by atoms with Crippen LogP contribution < -0.4 is 5.56 Å². The lowest BCUT2D eigenvalue weighted by atomic mass is 10.2. The number of fused-ring (bicyclic) bond motifs is 1. The standard InChI is InChI=1S/C11H14N4O/c1-7(2)6-13-9-8(3)15-5-4-12-11(15)14-10(9)16/h4-7H,1-3H3,(H,12,14,16). The van der Waals surface area contributed by atoms with Gasteiger partial charge in [-0.15, -0.1) is 0 Å². The van der Waals surface area contributed by atoms with E-state index in [0.29, 0.717) is 17.4 Å². The number of aromatic amines is 1. The van der Waals surface area contributed by atoms with Gasteiger partial charge in [-0.25, -0.2) is 4.98 Å². The molecule has 0 bridgehead atoms. The maximum atomic E-state index is 11.7. The van der Waals surface area contributed by atoms with Gasteiger partial charge in [0.05, 0.1) is 5.69 Å². The molecule has 2 rings (SSSR count). The maximum absolute atomic E-state index is 11.7. The quantitative estimate of drug-likeness (QED) is 0.779. The monoisotopic (exact) mass is 218 g/mol. The molecule has 0 atom stereocenters. The van der Waals surface area contributed by atoms with E-state index in [-0.39, 0.29) is 5.56 Å². The van der Waals surface area contributed by atoms with E-state index in [4.69, 9.17) is 0 Å². The molecule has 0 spiro atoms. The van der Waals surface area contributed by atoms with Gasteiger partial charge in [-0.3, -0.25) is 19.2 Å². The van der Waals surface area contributed by atoms with Crippen LogP contribution in [0, 0.1) is 12.8 Å². The zero-order valence-corrected chi connectivity index (χ0v) is 9.56. The molecule has 84 valence electrons. The Kier molecular flexibility index (Phi) is 2.60. The molecule has 16 heavy (non-hydrogen) atoms. The van der Waals surface area contributed by atoms with E-state index in [2.05, 4.69) is 15.0 Å². The minimum Gasteiger partial charge on any atom is -0.290 e. The zero-order valence-electron chi connectivity index (χ0n) is 9.56. The first-order valence-corrected chi connectivity index (χ1v) is 5.19. The summed E-state index contributed by atoms with van der Waals surface area (Å²) in [7, 11) is 0. The molecule has 0 aliphatic rings. The summed E-state index contributed by atoms with van der Waals surface area (Å²) in [5.74, 6) is 0.864. The molecule has 2 aromatic heterocycles. The Labute approximate surface area is 92.9 Å². The van der Waals surface area contributed by atoms with Crippen LogP contribution in [0.15, 0.2) is 22.2 Å². The summed E-state index contributed by atoms with van der Waals surface area (Å²) in [4.78, 5) is 22.7. The van der Waals surface area contributed by atoms with E-state index in [1.165, 1.54) is 0 Å². The average Bonchev–Trinajstić information content (AvgIpc) is 2.64. The minimum atomic E-state index is -0.201. The van der Waals surface area contributed by atoms with Gasteiger partial charge in [0.2, 0.25) is 5.78 Å². The van der Waals surface area contributed by atoms with Crippen molar-refractivity contribution in [1.29, 1.82) is 0 Å². The van der Waals surface area contributed by atoms with Crippen molar-refractivity contribution < 1.29 is 0 Å². The van der Waals surface area contributed by atoms with Crippen molar-refractivity contribution in [1.82, 2.24) is 14.4 Å². The summed E-state index contributed by atoms with van der Waals surface area (Å²) in [5.41, 5.74) is 1.04. The second-order valence-electron chi connectivity index (χ2n) is 4.03. The Bertz CT molecular complexity index is 592. The topological polar surface area (TPSA) is 62.5 Å². The van der Waals surface area contributed by atoms with Crippen molar-refractivity contribution in [3.05, 3.63) is 28.4 Å². The molecule has 0 aliphatic heterocycles. The normalized spacial score (nSPS) is 12.0. The number of aryl methyl sites for hydroxylation is 1. The molecule has 2 aromatic rings. The number of H-pyrrole nitrogens is 1. The molecule has 0 radical (unpaired) electrons. The fourth-order valence-corrected chi connectivity index (χ4v) is 1.48. The Morgan fingerprint density at radius 3 is 3.00 bits per heavy atom. The smallest absolute Gasteiger partial charge is 0.278 e. The number of imidazole rings is 1. The van der Waals surface area contributed by atoms with E-state index in [1.807, 2.05) is 25.2 Å². The molecular weight excluding hydrogens is 204 g/mol. The third-order valence-electron chi connectivity index (χ3n) is 2.29. The van der Waals surface area contributed by atoms with E-state index in [0.717, 1.165) is 5.69 Å². The molecule has 5 heteroatoms. The van der Waals surface area contributed by atoms with Gasteiger partial charge in [0.1, 0.15) is 5.69 Å². The number of nitrogens with zero attached hydrogens (tertiary/aromatic N) is 3. The Hall–Kier alpha value is -1.91. The molecule has 0 unspecified atom stereocenters. The second-order valence-corrected chi connectivity index (χ2v) is 4.03. The summed E-state index contributed by atoms with van der Waals surface area (Å²) < 4.78 is 1.81. The van der Waals surface area contributed by atoms with Crippen molar-refractivity contribution in [3.63, 3.8) is 0 Å². The summed E-state index contributed by atoms with van der Waals surface area (Å²) in [6.07, 6.45) is 5.21. The Morgan fingerprint density at radius 1 is 1.56 bits per heavy atom. The number of hydrogen-bond acceptors (Lipinski definition) is 3. The van der Waals surface area contributed by atoms with Crippen LogP contribution in [0.5, 0.6) is 0 Å². The molecule has 0 fully saturated rings. The summed E-state index contributed by atoms with van der Waals surface area (Å²) in [5, 5.41) is 0. The number of aromatic nitrogens is 3. The van der Waals surface area contributed by atoms with E-state index in [9.17, 15) is 4.79 Å². The van der Waals surface area contributed by atoms with Crippen LogP contribution >= 0.6 is 0 Å². The van der Waals surface area contributed by atoms with Gasteiger partial charge in [-0.05, 0) is 12.8 Å².